The Morgan fingerprint density at radius 2 is 2.13 bits per heavy atom. The van der Waals surface area contributed by atoms with Crippen LogP contribution in [0.5, 0.6) is 0 Å². The number of amides is 2. The fourth-order valence-corrected chi connectivity index (χ4v) is 2.72. The molecule has 2 rings (SSSR count). The molecule has 0 aromatic rings. The highest BCUT2D eigenvalue weighted by Crippen LogP contribution is 2.47. The third kappa shape index (κ3) is 2.16. The van der Waals surface area contributed by atoms with Crippen LogP contribution < -0.4 is 11.2 Å². The molecule has 2 fully saturated rings. The summed E-state index contributed by atoms with van der Waals surface area (Å²) < 4.78 is 0. The van der Waals surface area contributed by atoms with Gasteiger partial charge in [0.1, 0.15) is 0 Å². The summed E-state index contributed by atoms with van der Waals surface area (Å²) in [4.78, 5) is 21.2. The van der Waals surface area contributed by atoms with Crippen molar-refractivity contribution in [3.05, 3.63) is 0 Å². The van der Waals surface area contributed by atoms with Crippen molar-refractivity contribution in [3.8, 4) is 0 Å². The van der Waals surface area contributed by atoms with Gasteiger partial charge in [0.2, 0.25) is 0 Å². The molecule has 2 saturated carbocycles. The number of carbonyl (C=O) groups excluding carboxylic acids is 2. The van der Waals surface area contributed by atoms with E-state index in [0.29, 0.717) is 5.92 Å². The Morgan fingerprint density at radius 1 is 1.33 bits per heavy atom. The van der Waals surface area contributed by atoms with Gasteiger partial charge in [-0.25, -0.2) is 5.43 Å². The normalized spacial score (nSPS) is 33.5. The van der Waals surface area contributed by atoms with E-state index in [-0.39, 0.29) is 0 Å². The van der Waals surface area contributed by atoms with E-state index in [2.05, 4.69) is 10.5 Å². The fourth-order valence-electron chi connectivity index (χ4n) is 2.72. The molecule has 0 aromatic heterocycles. The molecule has 0 spiro atoms. The average molecular weight is 209 g/mol. The standard InChI is InChI=1S/C10H15N3O2/c11-9(14)10(15)13-12-5-8-4-6-1-2-7(8)3-6/h5-8H,1-4H2,(H2,11,14)(H,13,15)/b12-5-/t6-,7-,8+/m1/s1. The van der Waals surface area contributed by atoms with Crippen molar-refractivity contribution in [1.82, 2.24) is 5.43 Å². The van der Waals surface area contributed by atoms with Crippen LogP contribution in [-0.4, -0.2) is 18.0 Å². The number of hydrogen-bond donors (Lipinski definition) is 2. The quantitative estimate of drug-likeness (QED) is 0.381. The third-order valence-electron chi connectivity index (χ3n) is 3.45. The lowest BCUT2D eigenvalue weighted by molar-refractivity contribution is -0.137. The van der Waals surface area contributed by atoms with E-state index in [0.717, 1.165) is 11.8 Å². The summed E-state index contributed by atoms with van der Waals surface area (Å²) >= 11 is 0. The zero-order valence-corrected chi connectivity index (χ0v) is 8.48. The minimum Gasteiger partial charge on any atom is -0.361 e. The smallest absolute Gasteiger partial charge is 0.329 e. The topological polar surface area (TPSA) is 84.5 Å². The van der Waals surface area contributed by atoms with E-state index in [9.17, 15) is 9.59 Å². The Bertz CT molecular complexity index is 314. The second-order valence-electron chi connectivity index (χ2n) is 4.42. The van der Waals surface area contributed by atoms with Gasteiger partial charge in [-0.1, -0.05) is 6.42 Å². The minimum atomic E-state index is -1.000. The highest BCUT2D eigenvalue weighted by Gasteiger charge is 2.38. The molecular formula is C10H15N3O2. The van der Waals surface area contributed by atoms with E-state index in [1.807, 2.05) is 0 Å². The van der Waals surface area contributed by atoms with Crippen LogP contribution in [0, 0.1) is 17.8 Å². The summed E-state index contributed by atoms with van der Waals surface area (Å²) in [5.74, 6) is 0.189. The van der Waals surface area contributed by atoms with Gasteiger partial charge in [0.05, 0.1) is 0 Å². The van der Waals surface area contributed by atoms with Crippen LogP contribution in [-0.2, 0) is 9.59 Å². The summed E-state index contributed by atoms with van der Waals surface area (Å²) in [7, 11) is 0. The summed E-state index contributed by atoms with van der Waals surface area (Å²) in [6.45, 7) is 0. The molecular weight excluding hydrogens is 194 g/mol. The maximum atomic E-state index is 10.8. The first-order valence-electron chi connectivity index (χ1n) is 5.29. The van der Waals surface area contributed by atoms with Gasteiger partial charge in [-0.15, -0.1) is 0 Å². The lowest BCUT2D eigenvalue weighted by Gasteiger charge is -2.16. The molecule has 0 saturated heterocycles. The van der Waals surface area contributed by atoms with Crippen LogP contribution in [0.1, 0.15) is 25.7 Å². The Morgan fingerprint density at radius 3 is 2.67 bits per heavy atom. The number of primary amides is 1. The number of rotatable bonds is 2. The molecule has 0 aromatic carbocycles. The van der Waals surface area contributed by atoms with Crippen molar-refractivity contribution >= 4 is 18.0 Å². The van der Waals surface area contributed by atoms with Gasteiger partial charge in [-0.05, 0) is 37.0 Å². The molecule has 0 radical (unpaired) electrons. The Labute approximate surface area is 88.1 Å². The summed E-state index contributed by atoms with van der Waals surface area (Å²) in [5, 5.41) is 3.77. The number of carbonyl (C=O) groups is 2. The van der Waals surface area contributed by atoms with Crippen LogP contribution in [0.25, 0.3) is 0 Å². The molecule has 2 bridgehead atoms. The summed E-state index contributed by atoms with van der Waals surface area (Å²) in [5.41, 5.74) is 6.89. The van der Waals surface area contributed by atoms with Crippen molar-refractivity contribution in [3.63, 3.8) is 0 Å². The Balaban J connectivity index is 1.80. The highest BCUT2D eigenvalue weighted by atomic mass is 16.2. The van der Waals surface area contributed by atoms with E-state index >= 15 is 0 Å². The van der Waals surface area contributed by atoms with Crippen molar-refractivity contribution in [2.24, 2.45) is 28.6 Å². The number of hydrogen-bond acceptors (Lipinski definition) is 3. The average Bonchev–Trinajstić information content (AvgIpc) is 2.78. The molecule has 0 aliphatic heterocycles. The first-order chi connectivity index (χ1) is 7.16. The van der Waals surface area contributed by atoms with Crippen LogP contribution in [0.3, 0.4) is 0 Å². The molecule has 0 heterocycles. The van der Waals surface area contributed by atoms with Crippen LogP contribution in [0.15, 0.2) is 5.10 Å². The number of nitrogens with zero attached hydrogens (tertiary/aromatic N) is 1. The maximum Gasteiger partial charge on any atom is 0.329 e. The minimum absolute atomic E-state index is 0.469. The van der Waals surface area contributed by atoms with E-state index in [1.165, 1.54) is 25.7 Å². The Hall–Kier alpha value is -1.39. The third-order valence-corrected chi connectivity index (χ3v) is 3.45. The molecule has 15 heavy (non-hydrogen) atoms. The summed E-state index contributed by atoms with van der Waals surface area (Å²) in [6, 6.07) is 0. The van der Waals surface area contributed by atoms with Gasteiger partial charge in [-0.3, -0.25) is 9.59 Å². The van der Waals surface area contributed by atoms with Gasteiger partial charge in [-0.2, -0.15) is 5.10 Å². The molecule has 3 N–H and O–H groups in total. The van der Waals surface area contributed by atoms with Crippen molar-refractivity contribution in [2.75, 3.05) is 0 Å². The highest BCUT2D eigenvalue weighted by molar-refractivity contribution is 6.34. The van der Waals surface area contributed by atoms with Gasteiger partial charge < -0.3 is 5.73 Å². The molecule has 5 nitrogen and oxygen atoms in total. The molecule has 82 valence electrons. The van der Waals surface area contributed by atoms with E-state index in [1.54, 1.807) is 6.21 Å². The first kappa shape index (κ1) is 10.1. The van der Waals surface area contributed by atoms with Crippen molar-refractivity contribution < 1.29 is 9.59 Å². The molecule has 3 atom stereocenters. The fraction of sp³-hybridized carbons (Fsp3) is 0.700. The van der Waals surface area contributed by atoms with E-state index in [4.69, 9.17) is 5.73 Å². The number of nitrogens with one attached hydrogen (secondary N) is 1. The first-order valence-corrected chi connectivity index (χ1v) is 5.29. The van der Waals surface area contributed by atoms with Crippen molar-refractivity contribution in [1.29, 1.82) is 0 Å². The van der Waals surface area contributed by atoms with Gasteiger partial charge >= 0.3 is 11.8 Å². The molecule has 2 aliphatic carbocycles. The molecule has 0 unspecified atom stereocenters. The van der Waals surface area contributed by atoms with Crippen LogP contribution in [0.2, 0.25) is 0 Å². The van der Waals surface area contributed by atoms with Gasteiger partial charge in [0.15, 0.2) is 0 Å². The monoisotopic (exact) mass is 209 g/mol. The lowest BCUT2D eigenvalue weighted by atomic mass is 9.90. The van der Waals surface area contributed by atoms with Crippen LogP contribution >= 0.6 is 0 Å². The van der Waals surface area contributed by atoms with Gasteiger partial charge in [0, 0.05) is 6.21 Å². The van der Waals surface area contributed by atoms with E-state index < -0.39 is 11.8 Å². The zero-order valence-electron chi connectivity index (χ0n) is 8.48. The number of fused-ring (bicyclic) bond motifs is 2. The molecule has 2 amide bonds. The number of nitrogens with two attached hydrogens (primary N) is 1. The molecule has 2 aliphatic rings. The maximum absolute atomic E-state index is 10.8. The van der Waals surface area contributed by atoms with Crippen LogP contribution in [0.4, 0.5) is 0 Å². The van der Waals surface area contributed by atoms with Gasteiger partial charge in [0.25, 0.3) is 0 Å². The largest absolute Gasteiger partial charge is 0.361 e. The summed E-state index contributed by atoms with van der Waals surface area (Å²) in [6.07, 6.45) is 6.82. The SMILES string of the molecule is NC(=O)C(=O)N/N=C\[C@@H]1C[C@@H]2CC[C@@H]1C2. The predicted octanol–water partition coefficient (Wildman–Crippen LogP) is 0.00990. The van der Waals surface area contributed by atoms with Crippen molar-refractivity contribution in [2.45, 2.75) is 25.7 Å². The number of hydrazone groups is 1. The predicted molar refractivity (Wildman–Crippen MR) is 54.8 cm³/mol. The second kappa shape index (κ2) is 4.00. The Kier molecular flexibility index (Phi) is 2.70. The zero-order chi connectivity index (χ0) is 10.8. The second-order valence-corrected chi connectivity index (χ2v) is 4.42. The lowest BCUT2D eigenvalue weighted by Crippen LogP contribution is -2.33. The molecule has 5 heteroatoms.